The summed E-state index contributed by atoms with van der Waals surface area (Å²) in [5.74, 6) is -1.06. The van der Waals surface area contributed by atoms with Crippen LogP contribution < -0.4 is 10.2 Å². The lowest BCUT2D eigenvalue weighted by atomic mass is 10.1. The number of anilines is 1. The van der Waals surface area contributed by atoms with Crippen LogP contribution in [0.25, 0.3) is 0 Å². The summed E-state index contributed by atoms with van der Waals surface area (Å²) in [6.07, 6.45) is 0.754. The van der Waals surface area contributed by atoms with E-state index in [9.17, 15) is 13.9 Å². The standard InChI is InChI=1S/C13H18F2N2O/c1-16-8-9-6-11(14)13(12(15)7-9)17-4-2-10(18)3-5-17/h6-7,10,16,18H,2-5,8H2,1H3. The van der Waals surface area contributed by atoms with Gasteiger partial charge in [0.05, 0.1) is 6.10 Å². The van der Waals surface area contributed by atoms with Crippen molar-refractivity contribution in [1.29, 1.82) is 0 Å². The van der Waals surface area contributed by atoms with Gasteiger partial charge < -0.3 is 15.3 Å². The summed E-state index contributed by atoms with van der Waals surface area (Å²) in [4.78, 5) is 1.67. The van der Waals surface area contributed by atoms with Crippen LogP contribution in [0.15, 0.2) is 12.1 Å². The average Bonchev–Trinajstić information content (AvgIpc) is 2.31. The Morgan fingerprint density at radius 3 is 2.33 bits per heavy atom. The average molecular weight is 256 g/mol. The molecule has 1 fully saturated rings. The summed E-state index contributed by atoms with van der Waals surface area (Å²) in [7, 11) is 1.73. The van der Waals surface area contributed by atoms with Crippen molar-refractivity contribution in [2.24, 2.45) is 0 Å². The minimum atomic E-state index is -0.531. The summed E-state index contributed by atoms with van der Waals surface area (Å²) in [6.45, 7) is 1.41. The number of nitrogens with zero attached hydrogens (tertiary/aromatic N) is 1. The molecule has 18 heavy (non-hydrogen) atoms. The molecule has 5 heteroatoms. The van der Waals surface area contributed by atoms with Gasteiger partial charge in [0.1, 0.15) is 17.3 Å². The molecule has 0 radical (unpaired) electrons. The molecule has 0 unspecified atom stereocenters. The van der Waals surface area contributed by atoms with E-state index in [2.05, 4.69) is 5.32 Å². The van der Waals surface area contributed by atoms with E-state index in [4.69, 9.17) is 0 Å². The molecule has 0 bridgehead atoms. The molecule has 100 valence electrons. The van der Waals surface area contributed by atoms with Gasteiger partial charge in [0, 0.05) is 19.6 Å². The summed E-state index contributed by atoms with van der Waals surface area (Å²) in [5, 5.41) is 12.3. The quantitative estimate of drug-likeness (QED) is 0.863. The largest absolute Gasteiger partial charge is 0.393 e. The lowest BCUT2D eigenvalue weighted by Crippen LogP contribution is -2.36. The van der Waals surface area contributed by atoms with Crippen molar-refractivity contribution < 1.29 is 13.9 Å². The fraction of sp³-hybridized carbons (Fsp3) is 0.538. The van der Waals surface area contributed by atoms with Crippen molar-refractivity contribution in [1.82, 2.24) is 5.32 Å². The Morgan fingerprint density at radius 1 is 1.28 bits per heavy atom. The topological polar surface area (TPSA) is 35.5 Å². The Hall–Kier alpha value is -1.20. The Bertz CT molecular complexity index is 394. The first-order chi connectivity index (χ1) is 8.61. The summed E-state index contributed by atoms with van der Waals surface area (Å²) in [5.41, 5.74) is 0.620. The van der Waals surface area contributed by atoms with Crippen molar-refractivity contribution in [2.45, 2.75) is 25.5 Å². The Balaban J connectivity index is 2.22. The normalized spacial score (nSPS) is 17.2. The molecule has 2 N–H and O–H groups in total. The SMILES string of the molecule is CNCc1cc(F)c(N2CCC(O)CC2)c(F)c1. The van der Waals surface area contributed by atoms with Gasteiger partial charge in [0.15, 0.2) is 0 Å². The third-order valence-electron chi connectivity index (χ3n) is 3.24. The number of rotatable bonds is 3. The molecule has 0 aromatic heterocycles. The van der Waals surface area contributed by atoms with Crippen LogP contribution in [0.5, 0.6) is 0 Å². The van der Waals surface area contributed by atoms with Crippen LogP contribution in [0.1, 0.15) is 18.4 Å². The van der Waals surface area contributed by atoms with E-state index in [0.717, 1.165) is 0 Å². The molecule has 1 saturated heterocycles. The van der Waals surface area contributed by atoms with E-state index < -0.39 is 11.6 Å². The highest BCUT2D eigenvalue weighted by Gasteiger charge is 2.23. The monoisotopic (exact) mass is 256 g/mol. The molecule has 0 amide bonds. The molecule has 0 saturated carbocycles. The molecule has 3 nitrogen and oxygen atoms in total. The first-order valence-electron chi connectivity index (χ1n) is 6.17. The van der Waals surface area contributed by atoms with E-state index in [-0.39, 0.29) is 11.8 Å². The van der Waals surface area contributed by atoms with Crippen molar-refractivity contribution in [3.05, 3.63) is 29.3 Å². The second-order valence-corrected chi connectivity index (χ2v) is 4.66. The number of nitrogens with one attached hydrogen (secondary N) is 1. The number of hydrogen-bond donors (Lipinski definition) is 2. The fourth-order valence-electron chi connectivity index (χ4n) is 2.32. The lowest BCUT2D eigenvalue weighted by molar-refractivity contribution is 0.145. The first-order valence-corrected chi connectivity index (χ1v) is 6.17. The van der Waals surface area contributed by atoms with Gasteiger partial charge in [0.25, 0.3) is 0 Å². The fourth-order valence-corrected chi connectivity index (χ4v) is 2.32. The molecular formula is C13H18F2N2O. The Kier molecular flexibility index (Phi) is 4.14. The van der Waals surface area contributed by atoms with E-state index in [1.807, 2.05) is 0 Å². The highest BCUT2D eigenvalue weighted by Crippen LogP contribution is 2.27. The van der Waals surface area contributed by atoms with Crippen molar-refractivity contribution >= 4 is 5.69 Å². The maximum atomic E-state index is 13.9. The van der Waals surface area contributed by atoms with Crippen LogP contribution in [0.3, 0.4) is 0 Å². The van der Waals surface area contributed by atoms with Gasteiger partial charge in [-0.25, -0.2) is 8.78 Å². The zero-order valence-electron chi connectivity index (χ0n) is 10.4. The van der Waals surface area contributed by atoms with E-state index in [0.29, 0.717) is 38.0 Å². The maximum Gasteiger partial charge on any atom is 0.149 e. The highest BCUT2D eigenvalue weighted by atomic mass is 19.1. The number of benzene rings is 1. The minimum Gasteiger partial charge on any atom is -0.393 e. The van der Waals surface area contributed by atoms with E-state index in [1.54, 1.807) is 11.9 Å². The zero-order valence-corrected chi connectivity index (χ0v) is 10.4. The predicted molar refractivity (Wildman–Crippen MR) is 66.6 cm³/mol. The number of hydrogen-bond acceptors (Lipinski definition) is 3. The molecule has 2 rings (SSSR count). The van der Waals surface area contributed by atoms with E-state index in [1.165, 1.54) is 12.1 Å². The maximum absolute atomic E-state index is 13.9. The van der Waals surface area contributed by atoms with Crippen molar-refractivity contribution in [2.75, 3.05) is 25.0 Å². The highest BCUT2D eigenvalue weighted by molar-refractivity contribution is 5.51. The molecule has 0 aliphatic carbocycles. The van der Waals surface area contributed by atoms with Gasteiger partial charge >= 0.3 is 0 Å². The van der Waals surface area contributed by atoms with Crippen LogP contribution in [-0.2, 0) is 6.54 Å². The Morgan fingerprint density at radius 2 is 1.83 bits per heavy atom. The van der Waals surface area contributed by atoms with Crippen LogP contribution in [0.2, 0.25) is 0 Å². The van der Waals surface area contributed by atoms with Gasteiger partial charge in [-0.05, 0) is 37.6 Å². The number of halogens is 2. The molecule has 1 aliphatic rings. The Labute approximate surface area is 105 Å². The summed E-state index contributed by atoms with van der Waals surface area (Å²) in [6, 6.07) is 2.72. The van der Waals surface area contributed by atoms with Gasteiger partial charge in [-0.15, -0.1) is 0 Å². The molecule has 0 spiro atoms. The van der Waals surface area contributed by atoms with Gasteiger partial charge in [0.2, 0.25) is 0 Å². The third kappa shape index (κ3) is 2.79. The zero-order chi connectivity index (χ0) is 13.1. The summed E-state index contributed by atoms with van der Waals surface area (Å²) < 4.78 is 27.9. The van der Waals surface area contributed by atoms with E-state index >= 15 is 0 Å². The predicted octanol–water partition coefficient (Wildman–Crippen LogP) is 1.65. The second kappa shape index (κ2) is 5.63. The van der Waals surface area contributed by atoms with Crippen LogP contribution in [0, 0.1) is 11.6 Å². The van der Waals surface area contributed by atoms with Gasteiger partial charge in [-0.3, -0.25) is 0 Å². The molecule has 1 heterocycles. The number of aliphatic hydroxyl groups excluding tert-OH is 1. The molecule has 0 atom stereocenters. The molecular weight excluding hydrogens is 238 g/mol. The van der Waals surface area contributed by atoms with Crippen LogP contribution in [-0.4, -0.2) is 31.3 Å². The summed E-state index contributed by atoms with van der Waals surface area (Å²) >= 11 is 0. The van der Waals surface area contributed by atoms with Crippen molar-refractivity contribution in [3.8, 4) is 0 Å². The minimum absolute atomic E-state index is 0.0294. The molecule has 1 aromatic rings. The smallest absolute Gasteiger partial charge is 0.149 e. The van der Waals surface area contributed by atoms with Crippen molar-refractivity contribution in [3.63, 3.8) is 0 Å². The van der Waals surface area contributed by atoms with Gasteiger partial charge in [-0.1, -0.05) is 0 Å². The van der Waals surface area contributed by atoms with Gasteiger partial charge in [-0.2, -0.15) is 0 Å². The second-order valence-electron chi connectivity index (χ2n) is 4.66. The number of piperidine rings is 1. The van der Waals surface area contributed by atoms with Crippen LogP contribution in [0.4, 0.5) is 14.5 Å². The lowest BCUT2D eigenvalue weighted by Gasteiger charge is -2.32. The first kappa shape index (κ1) is 13.2. The number of aliphatic hydroxyl groups is 1. The molecule has 1 aliphatic heterocycles. The third-order valence-corrected chi connectivity index (χ3v) is 3.24. The van der Waals surface area contributed by atoms with Crippen LogP contribution >= 0.6 is 0 Å². The molecule has 1 aromatic carbocycles.